The highest BCUT2D eigenvalue weighted by Gasteiger charge is 1.97. The molecular weight excluding hydrogens is 232 g/mol. The van der Waals surface area contributed by atoms with Gasteiger partial charge in [-0.25, -0.2) is 0 Å². The molecular formula is C17H16N2. The zero-order chi connectivity index (χ0) is 13.5. The molecule has 0 heterocycles. The van der Waals surface area contributed by atoms with Crippen molar-refractivity contribution in [3.8, 4) is 6.07 Å². The van der Waals surface area contributed by atoms with Crippen molar-refractivity contribution in [2.24, 2.45) is 0 Å². The highest BCUT2D eigenvalue weighted by molar-refractivity contribution is 5.59. The van der Waals surface area contributed by atoms with Gasteiger partial charge in [0.15, 0.2) is 0 Å². The van der Waals surface area contributed by atoms with Crippen LogP contribution in [-0.2, 0) is 0 Å². The molecule has 2 nitrogen and oxygen atoms in total. The third kappa shape index (κ3) is 4.01. The van der Waals surface area contributed by atoms with E-state index in [1.807, 2.05) is 48.5 Å². The molecule has 1 N–H and O–H groups in total. The topological polar surface area (TPSA) is 35.8 Å². The number of anilines is 1. The summed E-state index contributed by atoms with van der Waals surface area (Å²) in [6.45, 7) is 2.59. The van der Waals surface area contributed by atoms with Crippen LogP contribution >= 0.6 is 0 Å². The van der Waals surface area contributed by atoms with E-state index in [9.17, 15) is 0 Å². The lowest BCUT2D eigenvalue weighted by Crippen LogP contribution is -2.03. The van der Waals surface area contributed by atoms with Crippen LogP contribution in [0.25, 0.3) is 6.08 Å². The predicted octanol–water partition coefficient (Wildman–Crippen LogP) is 4.01. The maximum atomic E-state index is 9.15. The van der Waals surface area contributed by atoms with Crippen molar-refractivity contribution in [3.05, 3.63) is 71.3 Å². The molecule has 0 atom stereocenters. The van der Waals surface area contributed by atoms with E-state index in [1.54, 1.807) is 0 Å². The van der Waals surface area contributed by atoms with Gasteiger partial charge in [-0.05, 0) is 30.7 Å². The van der Waals surface area contributed by atoms with E-state index >= 15 is 0 Å². The van der Waals surface area contributed by atoms with Gasteiger partial charge in [-0.2, -0.15) is 5.26 Å². The Labute approximate surface area is 114 Å². The summed E-state index contributed by atoms with van der Waals surface area (Å²) in [5, 5.41) is 12.4. The van der Waals surface area contributed by atoms with Gasteiger partial charge < -0.3 is 5.32 Å². The second kappa shape index (κ2) is 6.42. The van der Waals surface area contributed by atoms with Gasteiger partial charge in [-0.15, -0.1) is 0 Å². The lowest BCUT2D eigenvalue weighted by atomic mass is 10.1. The van der Waals surface area contributed by atoms with Crippen molar-refractivity contribution in [3.63, 3.8) is 0 Å². The van der Waals surface area contributed by atoms with Gasteiger partial charge in [-0.1, -0.05) is 48.0 Å². The van der Waals surface area contributed by atoms with Crippen LogP contribution in [-0.4, -0.2) is 6.54 Å². The van der Waals surface area contributed by atoms with Crippen molar-refractivity contribution in [1.82, 2.24) is 0 Å². The van der Waals surface area contributed by atoms with Gasteiger partial charge in [-0.3, -0.25) is 0 Å². The summed E-state index contributed by atoms with van der Waals surface area (Å²) in [6, 6.07) is 20.3. The van der Waals surface area contributed by atoms with Crippen molar-refractivity contribution in [1.29, 1.82) is 5.26 Å². The Morgan fingerprint density at radius 2 is 1.79 bits per heavy atom. The largest absolute Gasteiger partial charge is 0.380 e. The van der Waals surface area contributed by atoms with Crippen LogP contribution in [0.2, 0.25) is 0 Å². The van der Waals surface area contributed by atoms with Gasteiger partial charge in [0.25, 0.3) is 0 Å². The maximum Gasteiger partial charge on any atom is 0.0966 e. The van der Waals surface area contributed by atoms with E-state index in [4.69, 9.17) is 5.26 Å². The summed E-state index contributed by atoms with van der Waals surface area (Å²) in [6.07, 6.45) is 1.90. The third-order valence-corrected chi connectivity index (χ3v) is 2.82. The summed E-state index contributed by atoms with van der Waals surface area (Å²) < 4.78 is 0. The maximum absolute atomic E-state index is 9.15. The number of nitrogens with zero attached hydrogens (tertiary/aromatic N) is 1. The van der Waals surface area contributed by atoms with Crippen LogP contribution in [0.1, 0.15) is 11.1 Å². The number of nitrogens with one attached hydrogen (secondary N) is 1. The normalized spacial score (nSPS) is 10.8. The predicted molar refractivity (Wildman–Crippen MR) is 79.7 cm³/mol. The second-order valence-electron chi connectivity index (χ2n) is 4.41. The molecule has 0 radical (unpaired) electrons. The molecule has 0 aromatic heterocycles. The molecule has 0 spiro atoms. The Hall–Kier alpha value is -2.53. The minimum Gasteiger partial charge on any atom is -0.380 e. The molecule has 2 aromatic carbocycles. The fourth-order valence-electron chi connectivity index (χ4n) is 1.74. The summed E-state index contributed by atoms with van der Waals surface area (Å²) >= 11 is 0. The molecule has 2 heteroatoms. The SMILES string of the molecule is Cc1ccc(NC/C(C#N)=C\c2ccccc2)cc1. The fourth-order valence-corrected chi connectivity index (χ4v) is 1.74. The molecule has 0 fully saturated rings. The zero-order valence-corrected chi connectivity index (χ0v) is 10.9. The molecule has 0 amide bonds. The van der Waals surface area contributed by atoms with E-state index < -0.39 is 0 Å². The van der Waals surface area contributed by atoms with Gasteiger partial charge in [0.05, 0.1) is 12.6 Å². The third-order valence-electron chi connectivity index (χ3n) is 2.82. The average Bonchev–Trinajstić information content (AvgIpc) is 2.46. The van der Waals surface area contributed by atoms with Crippen LogP contribution in [0.15, 0.2) is 60.2 Å². The molecule has 0 unspecified atom stereocenters. The number of hydrogen-bond acceptors (Lipinski definition) is 2. The molecule has 0 saturated carbocycles. The number of rotatable bonds is 4. The first-order chi connectivity index (χ1) is 9.28. The second-order valence-corrected chi connectivity index (χ2v) is 4.41. The summed E-state index contributed by atoms with van der Waals surface area (Å²) in [4.78, 5) is 0. The number of nitriles is 1. The highest BCUT2D eigenvalue weighted by Crippen LogP contribution is 2.11. The van der Waals surface area contributed by atoms with Gasteiger partial charge in [0, 0.05) is 11.3 Å². The Kier molecular flexibility index (Phi) is 4.36. The van der Waals surface area contributed by atoms with Crippen LogP contribution in [0, 0.1) is 18.3 Å². The molecule has 0 saturated heterocycles. The average molecular weight is 248 g/mol. The van der Waals surface area contributed by atoms with Crippen molar-refractivity contribution < 1.29 is 0 Å². The van der Waals surface area contributed by atoms with Gasteiger partial charge in [0.1, 0.15) is 0 Å². The summed E-state index contributed by atoms with van der Waals surface area (Å²) in [7, 11) is 0. The van der Waals surface area contributed by atoms with Crippen LogP contribution in [0.5, 0.6) is 0 Å². The molecule has 2 aromatic rings. The highest BCUT2D eigenvalue weighted by atomic mass is 14.9. The quantitative estimate of drug-likeness (QED) is 0.830. The van der Waals surface area contributed by atoms with Crippen molar-refractivity contribution in [2.45, 2.75) is 6.92 Å². The van der Waals surface area contributed by atoms with Crippen molar-refractivity contribution in [2.75, 3.05) is 11.9 Å². The van der Waals surface area contributed by atoms with E-state index in [0.29, 0.717) is 12.1 Å². The molecule has 19 heavy (non-hydrogen) atoms. The Morgan fingerprint density at radius 1 is 1.11 bits per heavy atom. The van der Waals surface area contributed by atoms with Crippen molar-refractivity contribution >= 4 is 11.8 Å². The molecule has 0 aliphatic carbocycles. The molecule has 2 rings (SSSR count). The van der Waals surface area contributed by atoms with E-state index in [-0.39, 0.29) is 0 Å². The first-order valence-corrected chi connectivity index (χ1v) is 6.24. The smallest absolute Gasteiger partial charge is 0.0966 e. The first kappa shape index (κ1) is 12.9. The van der Waals surface area contributed by atoms with Crippen LogP contribution in [0.4, 0.5) is 5.69 Å². The Bertz CT molecular complexity index is 589. The molecule has 0 aliphatic rings. The van der Waals surface area contributed by atoms with E-state index in [2.05, 4.69) is 30.4 Å². The minimum atomic E-state index is 0.536. The lowest BCUT2D eigenvalue weighted by Gasteiger charge is -2.05. The van der Waals surface area contributed by atoms with Gasteiger partial charge >= 0.3 is 0 Å². The standard InChI is InChI=1S/C17H16N2/c1-14-7-9-17(10-8-14)19-13-16(12-18)11-15-5-3-2-4-6-15/h2-11,19H,13H2,1H3/b16-11-. The minimum absolute atomic E-state index is 0.536. The monoisotopic (exact) mass is 248 g/mol. The number of benzene rings is 2. The Balaban J connectivity index is 2.02. The number of hydrogen-bond donors (Lipinski definition) is 1. The number of aryl methyl sites for hydroxylation is 1. The molecule has 0 bridgehead atoms. The summed E-state index contributed by atoms with van der Waals surface area (Å²) in [5.74, 6) is 0. The Morgan fingerprint density at radius 3 is 2.42 bits per heavy atom. The lowest BCUT2D eigenvalue weighted by molar-refractivity contribution is 1.27. The molecule has 0 aliphatic heterocycles. The van der Waals surface area contributed by atoms with Crippen LogP contribution < -0.4 is 5.32 Å². The molecule has 94 valence electrons. The summed E-state index contributed by atoms with van der Waals surface area (Å²) in [5.41, 5.74) is 4.02. The van der Waals surface area contributed by atoms with E-state index in [1.165, 1.54) is 5.56 Å². The fraction of sp³-hybridized carbons (Fsp3) is 0.118. The zero-order valence-electron chi connectivity index (χ0n) is 10.9. The first-order valence-electron chi connectivity index (χ1n) is 6.24. The van der Waals surface area contributed by atoms with Gasteiger partial charge in [0.2, 0.25) is 0 Å². The van der Waals surface area contributed by atoms with Crippen LogP contribution in [0.3, 0.4) is 0 Å². The van der Waals surface area contributed by atoms with E-state index in [0.717, 1.165) is 11.3 Å².